The second-order valence-electron chi connectivity index (χ2n) is 6.76. The molecule has 0 bridgehead atoms. The van der Waals surface area contributed by atoms with E-state index < -0.39 is 11.6 Å². The van der Waals surface area contributed by atoms with Gasteiger partial charge in [0.05, 0.1) is 12.1 Å². The van der Waals surface area contributed by atoms with Gasteiger partial charge in [0.15, 0.2) is 0 Å². The van der Waals surface area contributed by atoms with Crippen LogP contribution in [0.3, 0.4) is 0 Å². The molecule has 5 nitrogen and oxygen atoms in total. The minimum atomic E-state index is -0.509. The van der Waals surface area contributed by atoms with Gasteiger partial charge in [-0.1, -0.05) is 18.2 Å². The van der Waals surface area contributed by atoms with E-state index in [2.05, 4.69) is 11.1 Å². The summed E-state index contributed by atoms with van der Waals surface area (Å²) in [6.45, 7) is 4.20. The van der Waals surface area contributed by atoms with E-state index in [0.717, 1.165) is 16.6 Å². The Morgan fingerprint density at radius 2 is 1.95 bits per heavy atom. The Bertz CT molecular complexity index is 805. The molecular formula is C17H19N3O2. The van der Waals surface area contributed by atoms with Gasteiger partial charge in [-0.3, -0.25) is 9.59 Å². The average Bonchev–Trinajstić information content (AvgIpc) is 2.84. The zero-order valence-electron chi connectivity index (χ0n) is 13.0. The maximum Gasteiger partial charge on any atom is 0.245 e. The van der Waals surface area contributed by atoms with Crippen molar-refractivity contribution >= 4 is 22.7 Å². The number of nitrogens with zero attached hydrogens (tertiary/aromatic N) is 2. The quantitative estimate of drug-likeness (QED) is 0.803. The van der Waals surface area contributed by atoms with Crippen LogP contribution in [0.1, 0.15) is 25.1 Å². The number of H-pyrrole nitrogens is 1. The van der Waals surface area contributed by atoms with Gasteiger partial charge in [0.2, 0.25) is 11.8 Å². The smallest absolute Gasteiger partial charge is 0.245 e. The molecule has 22 heavy (non-hydrogen) atoms. The summed E-state index contributed by atoms with van der Waals surface area (Å²) in [6, 6.07) is 7.73. The molecule has 0 saturated carbocycles. The van der Waals surface area contributed by atoms with Gasteiger partial charge in [-0.25, -0.2) is 0 Å². The highest BCUT2D eigenvalue weighted by atomic mass is 16.2. The number of likely N-dealkylation sites (N-methyl/N-ethyl adjacent to an activating group) is 1. The van der Waals surface area contributed by atoms with Crippen molar-refractivity contribution in [2.24, 2.45) is 0 Å². The van der Waals surface area contributed by atoms with Crippen LogP contribution in [0.25, 0.3) is 10.9 Å². The molecule has 2 aromatic rings. The second kappa shape index (κ2) is 4.12. The first kappa shape index (κ1) is 13.4. The van der Waals surface area contributed by atoms with Crippen LogP contribution in [-0.4, -0.2) is 46.2 Å². The van der Waals surface area contributed by atoms with E-state index in [1.54, 1.807) is 16.8 Å². The number of amides is 2. The zero-order valence-corrected chi connectivity index (χ0v) is 13.0. The number of hydrogen-bond acceptors (Lipinski definition) is 2. The van der Waals surface area contributed by atoms with Gasteiger partial charge in [0.1, 0.15) is 6.04 Å². The van der Waals surface area contributed by atoms with E-state index in [-0.39, 0.29) is 18.4 Å². The maximum atomic E-state index is 12.6. The monoisotopic (exact) mass is 297 g/mol. The Balaban J connectivity index is 1.96. The molecular weight excluding hydrogens is 278 g/mol. The molecule has 0 radical (unpaired) electrons. The summed E-state index contributed by atoms with van der Waals surface area (Å²) in [5.41, 5.74) is 2.77. The summed E-state index contributed by atoms with van der Waals surface area (Å²) in [4.78, 5) is 31.9. The lowest BCUT2D eigenvalue weighted by atomic mass is 9.82. The summed E-state index contributed by atoms with van der Waals surface area (Å²) < 4.78 is 0. The van der Waals surface area contributed by atoms with Gasteiger partial charge in [-0.2, -0.15) is 0 Å². The first-order valence-corrected chi connectivity index (χ1v) is 7.58. The first-order chi connectivity index (χ1) is 10.4. The van der Waals surface area contributed by atoms with Crippen LogP contribution in [0.4, 0.5) is 0 Å². The normalized spacial score (nSPS) is 23.7. The standard InChI is InChI=1S/C17H19N3O2/c1-17(2)15-11(10-6-4-5-7-12(10)18-15)8-13-16(22)19(3)9-14(21)20(13)17/h4-7,13,18H,8-9H2,1-3H3/t13-/m0/s1. The fourth-order valence-electron chi connectivity index (χ4n) is 4.02. The van der Waals surface area contributed by atoms with Crippen LogP contribution in [0.15, 0.2) is 24.3 Å². The molecule has 1 fully saturated rings. The third-order valence-electron chi connectivity index (χ3n) is 5.04. The minimum Gasteiger partial charge on any atom is -0.356 e. The van der Waals surface area contributed by atoms with Gasteiger partial charge in [-0.05, 0) is 25.5 Å². The number of aromatic amines is 1. The van der Waals surface area contributed by atoms with Crippen LogP contribution in [0, 0.1) is 0 Å². The highest BCUT2D eigenvalue weighted by molar-refractivity contribution is 5.97. The molecule has 5 heteroatoms. The van der Waals surface area contributed by atoms with Crippen molar-refractivity contribution in [3.63, 3.8) is 0 Å². The third-order valence-corrected chi connectivity index (χ3v) is 5.04. The number of nitrogens with one attached hydrogen (secondary N) is 1. The summed E-state index contributed by atoms with van der Waals surface area (Å²) >= 11 is 0. The second-order valence-corrected chi connectivity index (χ2v) is 6.76. The Labute approximate surface area is 128 Å². The van der Waals surface area contributed by atoms with Crippen molar-refractivity contribution in [3.8, 4) is 0 Å². The summed E-state index contributed by atoms with van der Waals surface area (Å²) in [5, 5.41) is 1.15. The van der Waals surface area contributed by atoms with Crippen molar-refractivity contribution in [2.45, 2.75) is 31.8 Å². The number of aromatic nitrogens is 1. The Kier molecular flexibility index (Phi) is 2.50. The molecule has 2 amide bonds. The molecule has 1 saturated heterocycles. The number of fused-ring (bicyclic) bond motifs is 4. The predicted octanol–water partition coefficient (Wildman–Crippen LogP) is 1.63. The Hall–Kier alpha value is -2.30. The number of para-hydroxylation sites is 1. The number of carbonyl (C=O) groups excluding carboxylic acids is 2. The number of rotatable bonds is 0. The summed E-state index contributed by atoms with van der Waals surface area (Å²) in [5.74, 6) is 0.0463. The van der Waals surface area contributed by atoms with Crippen LogP contribution in [0.2, 0.25) is 0 Å². The molecule has 1 atom stereocenters. The van der Waals surface area contributed by atoms with Crippen molar-refractivity contribution in [1.29, 1.82) is 0 Å². The molecule has 0 aliphatic carbocycles. The van der Waals surface area contributed by atoms with Gasteiger partial charge in [0.25, 0.3) is 0 Å². The van der Waals surface area contributed by atoms with E-state index in [0.29, 0.717) is 6.42 Å². The number of hydrogen-bond donors (Lipinski definition) is 1. The number of carbonyl (C=O) groups is 2. The molecule has 1 N–H and O–H groups in total. The fourth-order valence-corrected chi connectivity index (χ4v) is 4.02. The number of piperazine rings is 1. The van der Waals surface area contributed by atoms with Crippen LogP contribution >= 0.6 is 0 Å². The van der Waals surface area contributed by atoms with Gasteiger partial charge < -0.3 is 14.8 Å². The van der Waals surface area contributed by atoms with E-state index in [1.165, 1.54) is 5.56 Å². The fraction of sp³-hybridized carbons (Fsp3) is 0.412. The SMILES string of the molecule is CN1CC(=O)N2[C@@H](Cc3c([nH]c4ccccc34)C2(C)C)C1=O. The predicted molar refractivity (Wildman–Crippen MR) is 83.3 cm³/mol. The molecule has 2 aliphatic heterocycles. The van der Waals surface area contributed by atoms with E-state index in [9.17, 15) is 9.59 Å². The van der Waals surface area contributed by atoms with E-state index in [1.807, 2.05) is 32.0 Å². The van der Waals surface area contributed by atoms with Crippen LogP contribution in [-0.2, 0) is 21.5 Å². The minimum absolute atomic E-state index is 0.0152. The summed E-state index contributed by atoms with van der Waals surface area (Å²) in [6.07, 6.45) is 0.581. The van der Waals surface area contributed by atoms with Gasteiger partial charge >= 0.3 is 0 Å². The number of benzene rings is 1. The first-order valence-electron chi connectivity index (χ1n) is 7.58. The van der Waals surface area contributed by atoms with Crippen molar-refractivity contribution in [1.82, 2.24) is 14.8 Å². The van der Waals surface area contributed by atoms with Crippen LogP contribution < -0.4 is 0 Å². The van der Waals surface area contributed by atoms with Crippen molar-refractivity contribution < 1.29 is 9.59 Å². The molecule has 1 aromatic heterocycles. The van der Waals surface area contributed by atoms with Crippen molar-refractivity contribution in [3.05, 3.63) is 35.5 Å². The highest BCUT2D eigenvalue weighted by Gasteiger charge is 2.50. The largest absolute Gasteiger partial charge is 0.356 e. The van der Waals surface area contributed by atoms with Crippen molar-refractivity contribution in [2.75, 3.05) is 13.6 Å². The van der Waals surface area contributed by atoms with E-state index in [4.69, 9.17) is 0 Å². The maximum absolute atomic E-state index is 12.6. The molecule has 3 heterocycles. The summed E-state index contributed by atoms with van der Waals surface area (Å²) in [7, 11) is 1.70. The Morgan fingerprint density at radius 1 is 1.23 bits per heavy atom. The lowest BCUT2D eigenvalue weighted by Gasteiger charge is -2.50. The average molecular weight is 297 g/mol. The molecule has 1 aromatic carbocycles. The molecule has 0 spiro atoms. The molecule has 2 aliphatic rings. The van der Waals surface area contributed by atoms with E-state index >= 15 is 0 Å². The molecule has 0 unspecified atom stereocenters. The molecule has 114 valence electrons. The highest BCUT2D eigenvalue weighted by Crippen LogP contribution is 2.42. The molecule has 4 rings (SSSR count). The van der Waals surface area contributed by atoms with Gasteiger partial charge in [-0.15, -0.1) is 0 Å². The zero-order chi connectivity index (χ0) is 15.6. The Morgan fingerprint density at radius 3 is 2.73 bits per heavy atom. The lowest BCUT2D eigenvalue weighted by molar-refractivity contribution is -0.162. The third kappa shape index (κ3) is 1.54. The lowest BCUT2D eigenvalue weighted by Crippen LogP contribution is -2.66. The topological polar surface area (TPSA) is 56.4 Å². The van der Waals surface area contributed by atoms with Gasteiger partial charge in [0, 0.05) is 30.1 Å². The van der Waals surface area contributed by atoms with Crippen LogP contribution in [0.5, 0.6) is 0 Å².